The maximum atomic E-state index is 13.6. The lowest BCUT2D eigenvalue weighted by Crippen LogP contribution is -2.37. The summed E-state index contributed by atoms with van der Waals surface area (Å²) in [6.07, 6.45) is 4.50. The molecule has 4 heterocycles. The van der Waals surface area contributed by atoms with E-state index >= 15 is 0 Å². The van der Waals surface area contributed by atoms with Gasteiger partial charge in [-0.3, -0.25) is 9.78 Å². The summed E-state index contributed by atoms with van der Waals surface area (Å²) >= 11 is 0. The normalized spacial score (nSPS) is 16.6. The number of ether oxygens (including phenoxy) is 1. The van der Waals surface area contributed by atoms with Crippen molar-refractivity contribution in [3.8, 4) is 0 Å². The van der Waals surface area contributed by atoms with E-state index in [0.29, 0.717) is 41.9 Å². The van der Waals surface area contributed by atoms with Gasteiger partial charge in [-0.15, -0.1) is 0 Å². The molecule has 7 nitrogen and oxygen atoms in total. The largest absolute Gasteiger partial charge is 0.376 e. The van der Waals surface area contributed by atoms with Crippen molar-refractivity contribution in [2.24, 2.45) is 0 Å². The van der Waals surface area contributed by atoms with Crippen LogP contribution in [0.3, 0.4) is 0 Å². The van der Waals surface area contributed by atoms with Crippen molar-refractivity contribution >= 4 is 17.0 Å². The molecule has 1 fully saturated rings. The molecular formula is C21H24N4O3. The van der Waals surface area contributed by atoms with Gasteiger partial charge >= 0.3 is 0 Å². The lowest BCUT2D eigenvalue weighted by atomic mass is 10.1. The third-order valence-corrected chi connectivity index (χ3v) is 5.08. The van der Waals surface area contributed by atoms with E-state index in [2.05, 4.69) is 15.1 Å². The number of aryl methyl sites for hydroxylation is 2. The summed E-state index contributed by atoms with van der Waals surface area (Å²) in [7, 11) is 0. The van der Waals surface area contributed by atoms with Crippen molar-refractivity contribution in [3.63, 3.8) is 0 Å². The summed E-state index contributed by atoms with van der Waals surface area (Å²) < 4.78 is 11.1. The number of carbonyl (C=O) groups is 1. The SMILES string of the molecule is CCc1cc(C(=O)N(Cc2ccccn2)C[C@H]2CCCO2)c2c(C)noc2n1. The molecule has 28 heavy (non-hydrogen) atoms. The van der Waals surface area contributed by atoms with E-state index in [0.717, 1.165) is 30.8 Å². The van der Waals surface area contributed by atoms with Crippen molar-refractivity contribution in [2.75, 3.05) is 13.2 Å². The molecule has 0 saturated carbocycles. The summed E-state index contributed by atoms with van der Waals surface area (Å²) in [6.45, 7) is 5.55. The topological polar surface area (TPSA) is 81.4 Å². The Bertz CT molecular complexity index is 964. The molecule has 0 spiro atoms. The second kappa shape index (κ2) is 8.06. The van der Waals surface area contributed by atoms with E-state index in [1.165, 1.54) is 0 Å². The van der Waals surface area contributed by atoms with Gasteiger partial charge in [0.2, 0.25) is 0 Å². The van der Waals surface area contributed by atoms with Crippen LogP contribution in [0, 0.1) is 6.92 Å². The summed E-state index contributed by atoms with van der Waals surface area (Å²) in [6, 6.07) is 7.59. The van der Waals surface area contributed by atoms with Crippen LogP contribution in [0.2, 0.25) is 0 Å². The number of hydrogen-bond donors (Lipinski definition) is 0. The Kier molecular flexibility index (Phi) is 5.34. The number of amides is 1. The monoisotopic (exact) mass is 380 g/mol. The number of rotatable bonds is 6. The number of nitrogens with zero attached hydrogens (tertiary/aromatic N) is 4. The minimum absolute atomic E-state index is 0.0548. The van der Waals surface area contributed by atoms with E-state index in [4.69, 9.17) is 9.26 Å². The number of carbonyl (C=O) groups excluding carboxylic acids is 1. The first-order valence-electron chi connectivity index (χ1n) is 9.72. The van der Waals surface area contributed by atoms with Crippen molar-refractivity contribution in [3.05, 3.63) is 53.1 Å². The van der Waals surface area contributed by atoms with E-state index in [1.54, 1.807) is 6.20 Å². The molecule has 0 bridgehead atoms. The van der Waals surface area contributed by atoms with Gasteiger partial charge in [0.1, 0.15) is 0 Å². The van der Waals surface area contributed by atoms with Crippen molar-refractivity contribution in [1.82, 2.24) is 20.0 Å². The highest BCUT2D eigenvalue weighted by molar-refractivity contribution is 6.06. The fourth-order valence-electron chi connectivity index (χ4n) is 3.61. The second-order valence-electron chi connectivity index (χ2n) is 7.10. The highest BCUT2D eigenvalue weighted by atomic mass is 16.5. The van der Waals surface area contributed by atoms with E-state index in [1.807, 2.05) is 43.0 Å². The van der Waals surface area contributed by atoms with Crippen molar-refractivity contribution in [1.29, 1.82) is 0 Å². The lowest BCUT2D eigenvalue weighted by molar-refractivity contribution is 0.0505. The molecule has 1 aliphatic rings. The smallest absolute Gasteiger partial charge is 0.258 e. The number of aromatic nitrogens is 3. The molecule has 1 amide bonds. The second-order valence-corrected chi connectivity index (χ2v) is 7.10. The minimum atomic E-state index is -0.0745. The third kappa shape index (κ3) is 3.75. The van der Waals surface area contributed by atoms with Gasteiger partial charge in [0.25, 0.3) is 11.6 Å². The Labute approximate surface area is 163 Å². The van der Waals surface area contributed by atoms with E-state index in [-0.39, 0.29) is 12.0 Å². The maximum absolute atomic E-state index is 13.6. The molecule has 3 aromatic rings. The molecule has 146 valence electrons. The molecular weight excluding hydrogens is 356 g/mol. The zero-order chi connectivity index (χ0) is 19.5. The molecule has 1 aliphatic heterocycles. The highest BCUT2D eigenvalue weighted by Crippen LogP contribution is 2.25. The molecule has 0 radical (unpaired) electrons. The zero-order valence-corrected chi connectivity index (χ0v) is 16.2. The van der Waals surface area contributed by atoms with Gasteiger partial charge < -0.3 is 14.2 Å². The quantitative estimate of drug-likeness (QED) is 0.653. The fraction of sp³-hybridized carbons (Fsp3) is 0.429. The van der Waals surface area contributed by atoms with E-state index < -0.39 is 0 Å². The average Bonchev–Trinajstić information content (AvgIpc) is 3.37. The summed E-state index contributed by atoms with van der Waals surface area (Å²) in [5.74, 6) is -0.0745. The highest BCUT2D eigenvalue weighted by Gasteiger charge is 2.27. The van der Waals surface area contributed by atoms with Gasteiger partial charge in [0.15, 0.2) is 0 Å². The van der Waals surface area contributed by atoms with Crippen LogP contribution in [0.4, 0.5) is 0 Å². The summed E-state index contributed by atoms with van der Waals surface area (Å²) in [5.41, 5.74) is 3.31. The number of hydrogen-bond acceptors (Lipinski definition) is 6. The summed E-state index contributed by atoms with van der Waals surface area (Å²) in [5, 5.41) is 4.70. The molecule has 0 aromatic carbocycles. The Morgan fingerprint density at radius 3 is 2.93 bits per heavy atom. The molecule has 1 atom stereocenters. The van der Waals surface area contributed by atoms with Crippen LogP contribution in [-0.4, -0.2) is 45.2 Å². The van der Waals surface area contributed by atoms with Crippen LogP contribution in [0.5, 0.6) is 0 Å². The van der Waals surface area contributed by atoms with Gasteiger partial charge in [-0.25, -0.2) is 4.98 Å². The lowest BCUT2D eigenvalue weighted by Gasteiger charge is -2.25. The first-order chi connectivity index (χ1) is 13.7. The van der Waals surface area contributed by atoms with Gasteiger partial charge in [-0.1, -0.05) is 18.1 Å². The Balaban J connectivity index is 1.71. The molecule has 0 N–H and O–H groups in total. The van der Waals surface area contributed by atoms with Crippen molar-refractivity contribution < 1.29 is 14.1 Å². The molecule has 0 aliphatic carbocycles. The first kappa shape index (κ1) is 18.6. The zero-order valence-electron chi connectivity index (χ0n) is 16.2. The Morgan fingerprint density at radius 2 is 2.21 bits per heavy atom. The van der Waals surface area contributed by atoms with Gasteiger partial charge in [-0.2, -0.15) is 0 Å². The van der Waals surface area contributed by atoms with Gasteiger partial charge in [0, 0.05) is 25.0 Å². The predicted octanol–water partition coefficient (Wildman–Crippen LogP) is 3.31. The third-order valence-electron chi connectivity index (χ3n) is 5.08. The van der Waals surface area contributed by atoms with Crippen LogP contribution >= 0.6 is 0 Å². The summed E-state index contributed by atoms with van der Waals surface area (Å²) in [4.78, 5) is 24.3. The average molecular weight is 380 g/mol. The molecule has 0 unspecified atom stereocenters. The predicted molar refractivity (Wildman–Crippen MR) is 104 cm³/mol. The fourth-order valence-corrected chi connectivity index (χ4v) is 3.61. The maximum Gasteiger partial charge on any atom is 0.258 e. The first-order valence-corrected chi connectivity index (χ1v) is 9.72. The van der Waals surface area contributed by atoms with Crippen LogP contribution in [0.15, 0.2) is 35.0 Å². The number of fused-ring (bicyclic) bond motifs is 1. The van der Waals surface area contributed by atoms with Gasteiger partial charge in [-0.05, 0) is 44.4 Å². The van der Waals surface area contributed by atoms with Crippen LogP contribution in [0.1, 0.15) is 47.2 Å². The van der Waals surface area contributed by atoms with E-state index in [9.17, 15) is 4.79 Å². The van der Waals surface area contributed by atoms with Crippen molar-refractivity contribution in [2.45, 2.75) is 45.8 Å². The van der Waals surface area contributed by atoms with Gasteiger partial charge in [0.05, 0.1) is 35.0 Å². The Morgan fingerprint density at radius 1 is 1.32 bits per heavy atom. The molecule has 1 saturated heterocycles. The molecule has 7 heteroatoms. The van der Waals surface area contributed by atoms with Crippen LogP contribution in [0.25, 0.3) is 11.1 Å². The Hall–Kier alpha value is -2.80. The minimum Gasteiger partial charge on any atom is -0.376 e. The number of pyridine rings is 2. The molecule has 4 rings (SSSR count). The standard InChI is InChI=1S/C21H24N4O3/c1-3-15-11-18(19-14(2)24-28-20(19)23-15)21(26)25(13-17-8-6-10-27-17)12-16-7-4-5-9-22-16/h4-5,7,9,11,17H,3,6,8,10,12-13H2,1-2H3/t17-/m1/s1. The van der Waals surface area contributed by atoms with Crippen LogP contribution < -0.4 is 0 Å². The molecule has 3 aromatic heterocycles. The van der Waals surface area contributed by atoms with Crippen LogP contribution in [-0.2, 0) is 17.7 Å².